The Hall–Kier alpha value is -3.63. The van der Waals surface area contributed by atoms with Crippen molar-refractivity contribution in [3.63, 3.8) is 0 Å². The van der Waals surface area contributed by atoms with Crippen LogP contribution in [-0.4, -0.2) is 42.2 Å². The predicted octanol–water partition coefficient (Wildman–Crippen LogP) is 0.224. The third-order valence-electron chi connectivity index (χ3n) is 3.40. The van der Waals surface area contributed by atoms with Crippen LogP contribution in [0.15, 0.2) is 36.7 Å². The van der Waals surface area contributed by atoms with Crippen LogP contribution in [0.3, 0.4) is 0 Å². The second-order valence-corrected chi connectivity index (χ2v) is 5.08. The number of hydrogen-bond donors (Lipinski definition) is 3. The van der Waals surface area contributed by atoms with Gasteiger partial charge in [-0.05, 0) is 47.7 Å². The minimum absolute atomic E-state index is 0.134. The van der Waals surface area contributed by atoms with E-state index in [1.165, 1.54) is 29.2 Å². The lowest BCUT2D eigenvalue weighted by Crippen LogP contribution is -2.44. The van der Waals surface area contributed by atoms with E-state index in [1.54, 1.807) is 19.1 Å². The van der Waals surface area contributed by atoms with Gasteiger partial charge < -0.3 is 0 Å². The van der Waals surface area contributed by atoms with Crippen molar-refractivity contribution >= 4 is 11.8 Å². The van der Waals surface area contributed by atoms with E-state index in [0.29, 0.717) is 11.3 Å². The van der Waals surface area contributed by atoms with Gasteiger partial charge in [-0.3, -0.25) is 25.5 Å². The summed E-state index contributed by atoms with van der Waals surface area (Å²) in [7, 11) is 0. The molecule has 0 saturated carbocycles. The first kappa shape index (κ1) is 16.2. The molecule has 3 aromatic rings. The first-order valence-corrected chi connectivity index (χ1v) is 7.18. The summed E-state index contributed by atoms with van der Waals surface area (Å²) in [5.74, 6) is -1.45. The lowest BCUT2D eigenvalue weighted by molar-refractivity contribution is -0.124. The van der Waals surface area contributed by atoms with Crippen LogP contribution < -0.4 is 10.9 Å². The number of aromatic amines is 1. The number of tetrazole rings is 1. The third-order valence-corrected chi connectivity index (χ3v) is 3.40. The number of nitrogens with one attached hydrogen (secondary N) is 3. The van der Waals surface area contributed by atoms with E-state index in [1.807, 2.05) is 0 Å². The molecule has 25 heavy (non-hydrogen) atoms. The molecule has 1 aromatic carbocycles. The second kappa shape index (κ2) is 6.86. The molecule has 0 saturated heterocycles. The molecule has 0 aliphatic carbocycles. The Morgan fingerprint density at radius 3 is 2.68 bits per heavy atom. The maximum absolute atomic E-state index is 12.9. The van der Waals surface area contributed by atoms with Gasteiger partial charge in [-0.25, -0.2) is 9.07 Å². The number of halogens is 1. The summed E-state index contributed by atoms with van der Waals surface area (Å²) < 4.78 is 14.2. The van der Waals surface area contributed by atoms with E-state index in [9.17, 15) is 14.0 Å². The number of nitrogens with zero attached hydrogens (tertiary/aromatic N) is 5. The van der Waals surface area contributed by atoms with Gasteiger partial charge in [-0.15, -0.1) is 5.10 Å². The molecule has 0 bridgehead atoms. The molecular weight excluding hydrogens is 331 g/mol. The molecule has 2 aromatic heterocycles. The highest BCUT2D eigenvalue weighted by atomic mass is 19.1. The summed E-state index contributed by atoms with van der Waals surface area (Å²) in [4.78, 5) is 24.0. The largest absolute Gasteiger partial charge is 0.287 e. The Balaban J connectivity index is 1.60. The molecule has 3 N–H and O–H groups in total. The van der Waals surface area contributed by atoms with Crippen molar-refractivity contribution in [2.45, 2.75) is 13.0 Å². The SMILES string of the molecule is C[C@@H](C(=O)NNC(=O)c1cc(-c2ccc(F)cc2)n[nH]1)n1cnnn1. The molecule has 10 nitrogen and oxygen atoms in total. The molecule has 1 atom stereocenters. The van der Waals surface area contributed by atoms with Crippen LogP contribution >= 0.6 is 0 Å². The second-order valence-electron chi connectivity index (χ2n) is 5.08. The van der Waals surface area contributed by atoms with Crippen molar-refractivity contribution in [1.82, 2.24) is 41.3 Å². The van der Waals surface area contributed by atoms with Gasteiger partial charge in [0.2, 0.25) is 0 Å². The molecule has 0 fully saturated rings. The van der Waals surface area contributed by atoms with Crippen molar-refractivity contribution < 1.29 is 14.0 Å². The van der Waals surface area contributed by atoms with Gasteiger partial charge in [0, 0.05) is 5.56 Å². The summed E-state index contributed by atoms with van der Waals surface area (Å²) in [6.07, 6.45) is 1.29. The van der Waals surface area contributed by atoms with Crippen molar-refractivity contribution in [3.8, 4) is 11.3 Å². The number of H-pyrrole nitrogens is 1. The Kier molecular flexibility index (Phi) is 4.46. The number of aromatic nitrogens is 6. The van der Waals surface area contributed by atoms with E-state index < -0.39 is 17.9 Å². The van der Waals surface area contributed by atoms with E-state index in [2.05, 4.69) is 36.6 Å². The Bertz CT molecular complexity index is 875. The summed E-state index contributed by atoms with van der Waals surface area (Å²) in [5, 5.41) is 17.0. The zero-order chi connectivity index (χ0) is 17.8. The van der Waals surface area contributed by atoms with Crippen LogP contribution in [0.5, 0.6) is 0 Å². The molecule has 0 aliphatic heterocycles. The first-order chi connectivity index (χ1) is 12.0. The zero-order valence-electron chi connectivity index (χ0n) is 13.0. The molecule has 2 heterocycles. The van der Waals surface area contributed by atoms with Gasteiger partial charge in [0.05, 0.1) is 5.69 Å². The molecule has 0 unspecified atom stereocenters. The topological polar surface area (TPSA) is 130 Å². The average molecular weight is 344 g/mol. The highest BCUT2D eigenvalue weighted by molar-refractivity contribution is 5.94. The van der Waals surface area contributed by atoms with Crippen molar-refractivity contribution in [2.24, 2.45) is 0 Å². The maximum atomic E-state index is 12.9. The molecule has 2 amide bonds. The van der Waals surface area contributed by atoms with Crippen LogP contribution in [0.25, 0.3) is 11.3 Å². The fourth-order valence-electron chi connectivity index (χ4n) is 1.96. The van der Waals surface area contributed by atoms with Crippen molar-refractivity contribution in [1.29, 1.82) is 0 Å². The van der Waals surface area contributed by atoms with E-state index in [4.69, 9.17) is 0 Å². The van der Waals surface area contributed by atoms with E-state index in [-0.39, 0.29) is 11.5 Å². The molecule has 0 radical (unpaired) electrons. The number of hydrogen-bond acceptors (Lipinski definition) is 6. The van der Waals surface area contributed by atoms with Gasteiger partial charge in [0.25, 0.3) is 11.8 Å². The quantitative estimate of drug-likeness (QED) is 0.581. The standard InChI is InChI=1S/C14H13FN8O2/c1-8(23-7-16-21-22-23)13(24)19-20-14(25)12-6-11(17-18-12)9-2-4-10(15)5-3-9/h2-8H,1H3,(H,17,18)(H,19,24)(H,20,25)/t8-/m0/s1. The van der Waals surface area contributed by atoms with Crippen LogP contribution in [0, 0.1) is 5.82 Å². The summed E-state index contributed by atoms with van der Waals surface area (Å²) in [6.45, 7) is 1.57. The van der Waals surface area contributed by atoms with Gasteiger partial charge in [0.1, 0.15) is 23.9 Å². The molecule has 11 heteroatoms. The monoisotopic (exact) mass is 344 g/mol. The number of carbonyl (C=O) groups is 2. The van der Waals surface area contributed by atoms with E-state index >= 15 is 0 Å². The van der Waals surface area contributed by atoms with Crippen LogP contribution in [-0.2, 0) is 4.79 Å². The molecular formula is C14H13FN8O2. The van der Waals surface area contributed by atoms with Gasteiger partial charge in [-0.1, -0.05) is 0 Å². The zero-order valence-corrected chi connectivity index (χ0v) is 13.0. The van der Waals surface area contributed by atoms with Crippen LogP contribution in [0.4, 0.5) is 4.39 Å². The number of carbonyl (C=O) groups excluding carboxylic acids is 2. The lowest BCUT2D eigenvalue weighted by Gasteiger charge is -2.11. The summed E-state index contributed by atoms with van der Waals surface area (Å²) >= 11 is 0. The van der Waals surface area contributed by atoms with E-state index in [0.717, 1.165) is 0 Å². The predicted molar refractivity (Wildman–Crippen MR) is 82.1 cm³/mol. The first-order valence-electron chi connectivity index (χ1n) is 7.18. The Morgan fingerprint density at radius 1 is 1.24 bits per heavy atom. The average Bonchev–Trinajstić information content (AvgIpc) is 3.31. The Labute approximate surface area is 140 Å². The minimum Gasteiger partial charge on any atom is -0.272 e. The summed E-state index contributed by atoms with van der Waals surface area (Å²) in [6, 6.07) is 6.46. The van der Waals surface area contributed by atoms with Crippen molar-refractivity contribution in [3.05, 3.63) is 48.2 Å². The highest BCUT2D eigenvalue weighted by Crippen LogP contribution is 2.17. The number of amides is 2. The third kappa shape index (κ3) is 3.65. The maximum Gasteiger partial charge on any atom is 0.287 e. The summed E-state index contributed by atoms with van der Waals surface area (Å²) in [5.41, 5.74) is 5.79. The Morgan fingerprint density at radius 2 is 2.00 bits per heavy atom. The van der Waals surface area contributed by atoms with Crippen molar-refractivity contribution in [2.75, 3.05) is 0 Å². The fourth-order valence-corrected chi connectivity index (χ4v) is 1.96. The molecule has 3 rings (SSSR count). The minimum atomic E-state index is -0.702. The smallest absolute Gasteiger partial charge is 0.272 e. The highest BCUT2D eigenvalue weighted by Gasteiger charge is 2.17. The van der Waals surface area contributed by atoms with Gasteiger partial charge >= 0.3 is 0 Å². The molecule has 128 valence electrons. The van der Waals surface area contributed by atoms with Gasteiger partial charge in [-0.2, -0.15) is 5.10 Å². The molecule has 0 aliphatic rings. The van der Waals surface area contributed by atoms with Gasteiger partial charge in [0.15, 0.2) is 0 Å². The number of hydrazine groups is 1. The lowest BCUT2D eigenvalue weighted by atomic mass is 10.1. The molecule has 0 spiro atoms. The fraction of sp³-hybridized carbons (Fsp3) is 0.143. The number of rotatable bonds is 4. The van der Waals surface area contributed by atoms with Crippen LogP contribution in [0.1, 0.15) is 23.5 Å². The van der Waals surface area contributed by atoms with Crippen LogP contribution in [0.2, 0.25) is 0 Å². The number of benzene rings is 1. The normalized spacial score (nSPS) is 11.8.